The molecule has 44 heavy (non-hydrogen) atoms. The van der Waals surface area contributed by atoms with Gasteiger partial charge in [0.05, 0.1) is 0 Å². The van der Waals surface area contributed by atoms with Crippen molar-refractivity contribution in [3.8, 4) is 0 Å². The molecule has 10 nitrogen and oxygen atoms in total. The Bertz CT molecular complexity index is 1560. The van der Waals surface area contributed by atoms with Gasteiger partial charge in [-0.2, -0.15) is 0 Å². The number of rotatable bonds is 19. The molecule has 0 radical (unpaired) electrons. The quantitative estimate of drug-likeness (QED) is 0.110. The molecular weight excluding hydrogens is 588 g/mol. The van der Waals surface area contributed by atoms with Gasteiger partial charge in [0.1, 0.15) is 12.1 Å². The van der Waals surface area contributed by atoms with E-state index in [0.29, 0.717) is 54.2 Å². The van der Waals surface area contributed by atoms with Gasteiger partial charge in [-0.15, -0.1) is 0 Å². The van der Waals surface area contributed by atoms with Gasteiger partial charge in [0.15, 0.2) is 23.7 Å². The number of fused-ring (bicyclic) bond motifs is 2. The van der Waals surface area contributed by atoms with E-state index in [1.165, 1.54) is 16.3 Å². The third kappa shape index (κ3) is 10.0. The van der Waals surface area contributed by atoms with Gasteiger partial charge in [-0.05, 0) is 66.6 Å². The number of nitrogens with one attached hydrogen (secondary N) is 1. The first kappa shape index (κ1) is 32.9. The smallest absolute Gasteiger partial charge is 0.336 e. The molecule has 234 valence electrons. The molecular formula is C33H37ClN2O8. The average molecular weight is 625 g/mol. The largest absolute Gasteiger partial charge is 0.480 e. The first-order valence-corrected chi connectivity index (χ1v) is 15.2. The minimum atomic E-state index is -1.76. The summed E-state index contributed by atoms with van der Waals surface area (Å²) in [4.78, 5) is 40.3. The Balaban J connectivity index is 1.20. The Morgan fingerprint density at radius 1 is 0.841 bits per heavy atom. The maximum atomic E-state index is 13.0. The number of nitrogens with zero attached hydrogens (tertiary/aromatic N) is 1. The second-order valence-electron chi connectivity index (χ2n) is 10.6. The number of benzene rings is 3. The van der Waals surface area contributed by atoms with Crippen molar-refractivity contribution in [2.45, 2.75) is 63.6 Å². The highest BCUT2D eigenvalue weighted by molar-refractivity contribution is 6.31. The predicted molar refractivity (Wildman–Crippen MR) is 166 cm³/mol. The van der Waals surface area contributed by atoms with Crippen LogP contribution in [-0.2, 0) is 36.7 Å². The van der Waals surface area contributed by atoms with Gasteiger partial charge in [-0.25, -0.2) is 14.6 Å². The third-order valence-electron chi connectivity index (χ3n) is 7.14. The van der Waals surface area contributed by atoms with Crippen LogP contribution in [-0.4, -0.2) is 65.0 Å². The highest BCUT2D eigenvalue weighted by Crippen LogP contribution is 2.21. The maximum Gasteiger partial charge on any atom is 0.336 e. The molecule has 2 unspecified atom stereocenters. The monoisotopic (exact) mass is 624 g/mol. The van der Waals surface area contributed by atoms with E-state index in [-0.39, 0.29) is 6.61 Å². The van der Waals surface area contributed by atoms with Crippen molar-refractivity contribution >= 4 is 51.3 Å². The maximum absolute atomic E-state index is 13.0. The fourth-order valence-electron chi connectivity index (χ4n) is 4.91. The second kappa shape index (κ2) is 16.7. The van der Waals surface area contributed by atoms with Crippen LogP contribution in [0.1, 0.15) is 50.0 Å². The highest BCUT2D eigenvalue weighted by Gasteiger charge is 2.36. The van der Waals surface area contributed by atoms with Crippen molar-refractivity contribution in [2.24, 2.45) is 0 Å². The van der Waals surface area contributed by atoms with Gasteiger partial charge in [0.25, 0.3) is 5.91 Å². The lowest BCUT2D eigenvalue weighted by atomic mass is 10.0. The van der Waals surface area contributed by atoms with E-state index in [1.54, 1.807) is 18.2 Å². The van der Waals surface area contributed by atoms with Crippen LogP contribution in [0.3, 0.4) is 0 Å². The molecule has 0 bridgehead atoms. The number of hydrogen-bond donors (Lipinski definition) is 3. The Hall–Kier alpha value is -3.99. The zero-order valence-corrected chi connectivity index (χ0v) is 25.1. The minimum Gasteiger partial charge on any atom is -0.480 e. The van der Waals surface area contributed by atoms with Crippen LogP contribution in [0.4, 0.5) is 0 Å². The lowest BCUT2D eigenvalue weighted by Crippen LogP contribution is -2.49. The molecule has 11 heteroatoms. The zero-order chi connectivity index (χ0) is 31.3. The van der Waals surface area contributed by atoms with Gasteiger partial charge in [-0.1, -0.05) is 66.9 Å². The highest BCUT2D eigenvalue weighted by atomic mass is 35.5. The molecule has 2 atom stereocenters. The summed E-state index contributed by atoms with van der Waals surface area (Å²) in [6.45, 7) is -0.445. The number of ether oxygens (including phenoxy) is 2. The van der Waals surface area contributed by atoms with Crippen molar-refractivity contribution in [3.63, 3.8) is 0 Å². The fourth-order valence-corrected chi connectivity index (χ4v) is 5.07. The van der Waals surface area contributed by atoms with E-state index in [2.05, 4.69) is 40.6 Å². The lowest BCUT2D eigenvalue weighted by molar-refractivity contribution is -0.172. The number of hydrogen-bond acceptors (Lipinski definition) is 7. The van der Waals surface area contributed by atoms with Crippen LogP contribution in [0.15, 0.2) is 65.1 Å². The van der Waals surface area contributed by atoms with Crippen LogP contribution in [0.5, 0.6) is 0 Å². The third-order valence-corrected chi connectivity index (χ3v) is 7.38. The number of aromatic nitrogens is 1. The number of aryl methyl sites for hydroxylation is 2. The summed E-state index contributed by atoms with van der Waals surface area (Å²) in [6, 6.07) is 19.9. The first-order valence-electron chi connectivity index (χ1n) is 14.8. The Labute approximate surface area is 260 Å². The number of carbonyl (C=O) groups excluding carboxylic acids is 1. The summed E-state index contributed by atoms with van der Waals surface area (Å²) in [5.74, 6) is -2.88. The molecule has 4 aromatic rings. The van der Waals surface area contributed by atoms with Crippen LogP contribution in [0.25, 0.3) is 21.9 Å². The summed E-state index contributed by atoms with van der Waals surface area (Å²) in [5.41, 5.74) is 2.60. The molecule has 0 aliphatic rings. The molecule has 0 fully saturated rings. The number of aliphatic carboxylic acids is 2. The van der Waals surface area contributed by atoms with E-state index in [0.717, 1.165) is 25.7 Å². The molecule has 3 N–H and O–H groups in total. The number of carboxylic acid groups (broad SMARTS) is 2. The van der Waals surface area contributed by atoms with E-state index >= 15 is 0 Å². The summed E-state index contributed by atoms with van der Waals surface area (Å²) in [5, 5.41) is 24.4. The topological polar surface area (TPSA) is 148 Å². The normalized spacial score (nSPS) is 12.8. The van der Waals surface area contributed by atoms with Gasteiger partial charge < -0.3 is 29.4 Å². The van der Waals surface area contributed by atoms with Crippen molar-refractivity contribution in [1.82, 2.24) is 10.3 Å². The number of oxazole rings is 1. The number of amides is 1. The molecule has 1 amide bonds. The Morgan fingerprint density at radius 3 is 2.41 bits per heavy atom. The fraction of sp³-hybridized carbons (Fsp3) is 0.394. The molecule has 4 rings (SSSR count). The Morgan fingerprint density at radius 2 is 1.61 bits per heavy atom. The molecule has 0 aliphatic carbocycles. The minimum absolute atomic E-state index is 0.0905. The number of carboxylic acids is 2. The standard InChI is InChI=1S/C33H37ClN2O8/c34-25-15-16-27-26(20-25)36-28(44-27)12-4-2-8-18-42-30(31(33(40)41)43-21-29(37)38)32(39)35-17-7-1-3-9-22-13-14-23-10-5-6-11-24(23)19-22/h5-6,10-11,13-16,19-20,30-31H,1-4,7-9,12,17-18,21H2,(H,35,39)(H,37,38)(H,40,41). The van der Waals surface area contributed by atoms with Crippen LogP contribution in [0.2, 0.25) is 5.02 Å². The molecule has 0 saturated carbocycles. The van der Waals surface area contributed by atoms with Crippen molar-refractivity contribution < 1.29 is 38.5 Å². The van der Waals surface area contributed by atoms with Gasteiger partial charge in [-0.3, -0.25) is 4.79 Å². The molecule has 3 aromatic carbocycles. The van der Waals surface area contributed by atoms with Crippen LogP contribution >= 0.6 is 11.6 Å². The summed E-state index contributed by atoms with van der Waals surface area (Å²) >= 11 is 6.00. The molecule has 1 heterocycles. The van der Waals surface area contributed by atoms with Crippen LogP contribution in [0, 0.1) is 0 Å². The number of carbonyl (C=O) groups is 3. The van der Waals surface area contributed by atoms with E-state index in [4.69, 9.17) is 30.6 Å². The van der Waals surface area contributed by atoms with Crippen LogP contribution < -0.4 is 5.32 Å². The zero-order valence-electron chi connectivity index (χ0n) is 24.4. The predicted octanol–water partition coefficient (Wildman–Crippen LogP) is 5.82. The Kier molecular flexibility index (Phi) is 12.5. The van der Waals surface area contributed by atoms with Crippen molar-refractivity contribution in [1.29, 1.82) is 0 Å². The number of halogens is 1. The van der Waals surface area contributed by atoms with Gasteiger partial charge >= 0.3 is 11.9 Å². The molecule has 0 saturated heterocycles. The van der Waals surface area contributed by atoms with E-state index in [1.807, 2.05) is 12.1 Å². The van der Waals surface area contributed by atoms with Gasteiger partial charge in [0.2, 0.25) is 0 Å². The molecule has 1 aromatic heterocycles. The first-order chi connectivity index (χ1) is 21.3. The summed E-state index contributed by atoms with van der Waals surface area (Å²) in [7, 11) is 0. The molecule has 0 aliphatic heterocycles. The molecule has 0 spiro atoms. The second-order valence-corrected chi connectivity index (χ2v) is 11.0. The van der Waals surface area contributed by atoms with Crippen molar-refractivity contribution in [2.75, 3.05) is 19.8 Å². The summed E-state index contributed by atoms with van der Waals surface area (Å²) in [6.07, 6.45) is 2.73. The lowest BCUT2D eigenvalue weighted by Gasteiger charge is -2.23. The average Bonchev–Trinajstić information content (AvgIpc) is 3.40. The van der Waals surface area contributed by atoms with E-state index < -0.39 is 36.7 Å². The summed E-state index contributed by atoms with van der Waals surface area (Å²) < 4.78 is 16.4. The number of unbranched alkanes of at least 4 members (excludes halogenated alkanes) is 4. The van der Waals surface area contributed by atoms with E-state index in [9.17, 15) is 19.5 Å². The van der Waals surface area contributed by atoms with Gasteiger partial charge in [0, 0.05) is 24.6 Å². The van der Waals surface area contributed by atoms with Crippen molar-refractivity contribution in [3.05, 3.63) is 77.1 Å². The SMILES string of the molecule is O=C(O)COC(C(=O)O)C(OCCCCCc1nc2cc(Cl)ccc2o1)C(=O)NCCCCCc1ccc2ccccc2c1.